The van der Waals surface area contributed by atoms with E-state index in [1.54, 1.807) is 25.5 Å². The molecule has 0 radical (unpaired) electrons. The van der Waals surface area contributed by atoms with Gasteiger partial charge in [-0.15, -0.1) is 5.10 Å². The zero-order valence-electron chi connectivity index (χ0n) is 25.2. The lowest BCUT2D eigenvalue weighted by Gasteiger charge is -2.33. The SMILES string of the molecule is Cn1cc(C[C@]2(Cc3cnn4cc([C@@H](NC(=O)c5nonc5C5CC5)C5CCC(F)(F)CC5)nc4c3)C[C@@H](C(F)(F)F)NC2=O)nn1. The molecule has 7 rings (SSSR count). The quantitative estimate of drug-likeness (QED) is 0.255. The molecule has 3 aliphatic rings. The normalized spacial score (nSPS) is 24.0. The summed E-state index contributed by atoms with van der Waals surface area (Å²) in [5, 5.41) is 25.0. The van der Waals surface area contributed by atoms with Gasteiger partial charge in [-0.2, -0.15) is 18.3 Å². The fourth-order valence-corrected chi connectivity index (χ4v) is 6.82. The number of hydrogen-bond donors (Lipinski definition) is 2. The molecule has 47 heavy (non-hydrogen) atoms. The average molecular weight is 663 g/mol. The lowest BCUT2D eigenvalue weighted by molar-refractivity contribution is -0.155. The predicted molar refractivity (Wildman–Crippen MR) is 150 cm³/mol. The monoisotopic (exact) mass is 662 g/mol. The Morgan fingerprint density at radius 3 is 2.57 bits per heavy atom. The number of aryl methyl sites for hydroxylation is 1. The Bertz CT molecular complexity index is 1800. The van der Waals surface area contributed by atoms with Crippen LogP contribution in [-0.4, -0.2) is 69.9 Å². The highest BCUT2D eigenvalue weighted by Gasteiger charge is 2.55. The van der Waals surface area contributed by atoms with E-state index < -0.39 is 47.8 Å². The average Bonchev–Trinajstić information content (AvgIpc) is 3.31. The molecular weight excluding hydrogens is 631 g/mol. The molecule has 250 valence electrons. The molecule has 1 aliphatic heterocycles. The topological polar surface area (TPSA) is 158 Å². The van der Waals surface area contributed by atoms with Crippen LogP contribution in [-0.2, 0) is 24.7 Å². The molecule has 5 heterocycles. The number of alkyl halides is 5. The number of carbonyl (C=O) groups is 2. The van der Waals surface area contributed by atoms with Crippen LogP contribution >= 0.6 is 0 Å². The van der Waals surface area contributed by atoms with Crippen LogP contribution in [0.25, 0.3) is 5.65 Å². The van der Waals surface area contributed by atoms with Crippen LogP contribution in [0.3, 0.4) is 0 Å². The molecule has 0 bridgehead atoms. The van der Waals surface area contributed by atoms with Gasteiger partial charge in [0, 0.05) is 38.4 Å². The van der Waals surface area contributed by atoms with Gasteiger partial charge in [0.2, 0.25) is 11.8 Å². The third-order valence-corrected chi connectivity index (χ3v) is 9.42. The van der Waals surface area contributed by atoms with Gasteiger partial charge in [0.1, 0.15) is 11.7 Å². The van der Waals surface area contributed by atoms with Crippen LogP contribution in [0.15, 0.2) is 29.3 Å². The van der Waals surface area contributed by atoms with Gasteiger partial charge in [-0.05, 0) is 61.2 Å². The molecule has 0 unspecified atom stereocenters. The van der Waals surface area contributed by atoms with E-state index in [4.69, 9.17) is 4.63 Å². The zero-order valence-corrected chi connectivity index (χ0v) is 25.2. The van der Waals surface area contributed by atoms with Gasteiger partial charge in [0.15, 0.2) is 11.3 Å². The van der Waals surface area contributed by atoms with E-state index in [0.29, 0.717) is 28.3 Å². The molecule has 13 nitrogen and oxygen atoms in total. The van der Waals surface area contributed by atoms with E-state index in [1.165, 1.54) is 15.4 Å². The summed E-state index contributed by atoms with van der Waals surface area (Å²) in [5.74, 6) is -4.40. The van der Waals surface area contributed by atoms with Crippen LogP contribution in [0.4, 0.5) is 22.0 Å². The first-order chi connectivity index (χ1) is 22.3. The van der Waals surface area contributed by atoms with Crippen LogP contribution in [0.1, 0.15) is 90.0 Å². The smallest absolute Gasteiger partial charge is 0.344 e. The first-order valence-electron chi connectivity index (χ1n) is 15.4. The Kier molecular flexibility index (Phi) is 7.50. The van der Waals surface area contributed by atoms with Crippen LogP contribution < -0.4 is 10.6 Å². The summed E-state index contributed by atoms with van der Waals surface area (Å²) in [5.41, 5.74) is 0.511. The highest BCUT2D eigenvalue weighted by molar-refractivity contribution is 5.93. The van der Waals surface area contributed by atoms with Crippen molar-refractivity contribution in [1.29, 1.82) is 0 Å². The van der Waals surface area contributed by atoms with Crippen molar-refractivity contribution in [2.45, 2.75) is 87.9 Å². The van der Waals surface area contributed by atoms with Crippen molar-refractivity contribution >= 4 is 17.5 Å². The molecular formula is C29H31F5N10O3. The number of fused-ring (bicyclic) bond motifs is 1. The summed E-state index contributed by atoms with van der Waals surface area (Å²) >= 11 is 0. The van der Waals surface area contributed by atoms with E-state index in [9.17, 15) is 31.5 Å². The molecule has 3 atom stereocenters. The third-order valence-electron chi connectivity index (χ3n) is 9.42. The maximum Gasteiger partial charge on any atom is 0.408 e. The van der Waals surface area contributed by atoms with E-state index in [-0.39, 0.29) is 56.1 Å². The molecule has 2 amide bonds. The summed E-state index contributed by atoms with van der Waals surface area (Å²) in [6.07, 6.45) is 0.579. The Labute approximate surface area is 263 Å². The summed E-state index contributed by atoms with van der Waals surface area (Å²) < 4.78 is 77.1. The van der Waals surface area contributed by atoms with Gasteiger partial charge < -0.3 is 10.6 Å². The van der Waals surface area contributed by atoms with Crippen molar-refractivity contribution in [2.24, 2.45) is 18.4 Å². The number of hydrogen-bond acceptors (Lipinski definition) is 9. The second kappa shape index (κ2) is 11.3. The van der Waals surface area contributed by atoms with Crippen molar-refractivity contribution in [3.05, 3.63) is 53.0 Å². The summed E-state index contributed by atoms with van der Waals surface area (Å²) in [6.45, 7) is 0. The summed E-state index contributed by atoms with van der Waals surface area (Å²) in [6, 6.07) is -1.18. The molecule has 0 spiro atoms. The van der Waals surface area contributed by atoms with Crippen molar-refractivity contribution in [1.82, 2.24) is 50.5 Å². The van der Waals surface area contributed by atoms with Gasteiger partial charge in [-0.1, -0.05) is 10.4 Å². The van der Waals surface area contributed by atoms with Crippen LogP contribution in [0.5, 0.6) is 0 Å². The molecule has 1 saturated heterocycles. The van der Waals surface area contributed by atoms with Gasteiger partial charge in [0.25, 0.3) is 5.91 Å². The maximum absolute atomic E-state index is 14.1. The highest BCUT2D eigenvalue weighted by atomic mass is 19.4. The molecule has 18 heteroatoms. The number of nitrogens with one attached hydrogen (secondary N) is 2. The molecule has 2 saturated carbocycles. The summed E-state index contributed by atoms with van der Waals surface area (Å²) in [7, 11) is 1.62. The van der Waals surface area contributed by atoms with E-state index >= 15 is 0 Å². The fraction of sp³-hybridized carbons (Fsp3) is 0.586. The molecule has 2 aliphatic carbocycles. The molecule has 4 aromatic heterocycles. The molecule has 2 N–H and O–H groups in total. The van der Waals surface area contributed by atoms with Gasteiger partial charge in [0.05, 0.1) is 35.2 Å². The number of amides is 2. The Morgan fingerprint density at radius 2 is 1.91 bits per heavy atom. The predicted octanol–water partition coefficient (Wildman–Crippen LogP) is 3.64. The standard InChI is InChI=1S/C29H31F5N10O3/c1-43-13-18(39-42-43)10-27(11-20(29(32,33)34)37-26(27)46)9-15-8-21-36-19(14-44(21)35-12-15)22(17-4-6-28(30,31)7-5-17)38-25(45)24-23(16-2-3-16)40-47-41-24/h8,12-14,16-17,20,22H,2-7,9-11H2,1H3,(H,37,46)(H,38,45)/t20-,22-,27+/m0/s1. The number of nitrogens with zero attached hydrogens (tertiary/aromatic N) is 8. The van der Waals surface area contributed by atoms with Crippen LogP contribution in [0, 0.1) is 11.3 Å². The largest absolute Gasteiger partial charge is 0.408 e. The van der Waals surface area contributed by atoms with Crippen molar-refractivity contribution < 1.29 is 36.2 Å². The number of carbonyl (C=O) groups excluding carboxylic acids is 2. The molecule has 4 aromatic rings. The van der Waals surface area contributed by atoms with E-state index in [0.717, 1.165) is 12.8 Å². The first kappa shape index (κ1) is 31.1. The fourth-order valence-electron chi connectivity index (χ4n) is 6.82. The van der Waals surface area contributed by atoms with Crippen molar-refractivity contribution in [3.8, 4) is 0 Å². The number of halogens is 5. The number of imidazole rings is 1. The third kappa shape index (κ3) is 6.28. The lowest BCUT2D eigenvalue weighted by Crippen LogP contribution is -2.39. The second-order valence-electron chi connectivity index (χ2n) is 13.0. The Balaban J connectivity index is 1.18. The molecule has 0 aromatic carbocycles. The molecule has 3 fully saturated rings. The summed E-state index contributed by atoms with van der Waals surface area (Å²) in [4.78, 5) is 31.3. The minimum Gasteiger partial charge on any atom is -0.344 e. The van der Waals surface area contributed by atoms with Gasteiger partial charge in [-0.25, -0.2) is 22.9 Å². The van der Waals surface area contributed by atoms with Crippen molar-refractivity contribution in [2.75, 3.05) is 0 Å². The number of aromatic nitrogens is 8. The highest BCUT2D eigenvalue weighted by Crippen LogP contribution is 2.44. The minimum atomic E-state index is -4.63. The van der Waals surface area contributed by atoms with Crippen molar-refractivity contribution in [3.63, 3.8) is 0 Å². The second-order valence-corrected chi connectivity index (χ2v) is 13.0. The lowest BCUT2D eigenvalue weighted by atomic mass is 9.75. The van der Waals surface area contributed by atoms with Gasteiger partial charge >= 0.3 is 6.18 Å². The number of rotatable bonds is 9. The Morgan fingerprint density at radius 1 is 1.15 bits per heavy atom. The van der Waals surface area contributed by atoms with Gasteiger partial charge in [-0.3, -0.25) is 14.3 Å². The first-order valence-corrected chi connectivity index (χ1v) is 15.4. The van der Waals surface area contributed by atoms with Crippen LogP contribution in [0.2, 0.25) is 0 Å². The van der Waals surface area contributed by atoms with E-state index in [1.807, 2.05) is 0 Å². The minimum absolute atomic E-state index is 0.0446. The Hall–Kier alpha value is -4.51. The zero-order chi connectivity index (χ0) is 33.1. The maximum atomic E-state index is 14.1. The van der Waals surface area contributed by atoms with E-state index in [2.05, 4.69) is 41.3 Å².